The molecule has 2 N–H and O–H groups in total. The van der Waals surface area contributed by atoms with Gasteiger partial charge in [0.1, 0.15) is 0 Å². The maximum absolute atomic E-state index is 13.4. The molecule has 5 aliphatic carbocycles. The summed E-state index contributed by atoms with van der Waals surface area (Å²) in [5, 5.41) is 13.2. The third-order valence-electron chi connectivity index (χ3n) is 10.9. The van der Waals surface area contributed by atoms with Crippen LogP contribution in [0.25, 0.3) is 0 Å². The van der Waals surface area contributed by atoms with Crippen molar-refractivity contribution in [3.05, 3.63) is 22.8 Å². The van der Waals surface area contributed by atoms with Crippen molar-refractivity contribution in [1.82, 2.24) is 5.32 Å². The fourth-order valence-electron chi connectivity index (χ4n) is 9.26. The number of allylic oxidation sites excluding steroid dienone is 3. The fraction of sp³-hybridized carbons (Fsp3) is 0.793. The zero-order valence-electron chi connectivity index (χ0n) is 21.2. The number of amides is 1. The molecular weight excluding hydrogens is 410 g/mol. The second kappa shape index (κ2) is 8.07. The van der Waals surface area contributed by atoms with Gasteiger partial charge < -0.3 is 10.4 Å². The summed E-state index contributed by atoms with van der Waals surface area (Å²) in [5.74, 6) is 3.25. The first-order chi connectivity index (χ1) is 15.6. The van der Waals surface area contributed by atoms with E-state index in [4.69, 9.17) is 0 Å². The standard InChI is InChI=1S/C29H43NO3/c1-16(15-30-18(3)31)12-23-22-14-25-21-7-6-19-13-20(32)8-10-28(19,4)24(21)9-11-29(25,5)26(22)17(2)27(23)33/h6,16-17,20-21,24-26,32H,7-15H2,1-5H3,(H,30,31)/t16-,17-,20+,21+,24-,25+,26+,28+,29+/m1/s1. The zero-order valence-corrected chi connectivity index (χ0v) is 21.2. The molecule has 3 saturated carbocycles. The molecule has 33 heavy (non-hydrogen) atoms. The molecule has 0 saturated heterocycles. The summed E-state index contributed by atoms with van der Waals surface area (Å²) in [5.41, 5.74) is 4.60. The molecule has 0 radical (unpaired) electrons. The maximum Gasteiger partial charge on any atom is 0.216 e. The molecule has 4 nitrogen and oxygen atoms in total. The molecule has 5 rings (SSSR count). The van der Waals surface area contributed by atoms with Gasteiger partial charge >= 0.3 is 0 Å². The van der Waals surface area contributed by atoms with Gasteiger partial charge in [0.2, 0.25) is 5.91 Å². The van der Waals surface area contributed by atoms with E-state index in [2.05, 4.69) is 39.1 Å². The van der Waals surface area contributed by atoms with Gasteiger partial charge in [-0.2, -0.15) is 0 Å². The smallest absolute Gasteiger partial charge is 0.216 e. The normalized spacial score (nSPS) is 45.0. The Bertz CT molecular complexity index is 918. The van der Waals surface area contributed by atoms with Crippen molar-refractivity contribution in [3.8, 4) is 0 Å². The minimum Gasteiger partial charge on any atom is -0.393 e. The van der Waals surface area contributed by atoms with E-state index in [-0.39, 0.29) is 34.7 Å². The van der Waals surface area contributed by atoms with Crippen LogP contribution in [0.4, 0.5) is 0 Å². The molecule has 0 aliphatic heterocycles. The van der Waals surface area contributed by atoms with Gasteiger partial charge in [0.15, 0.2) is 5.78 Å². The summed E-state index contributed by atoms with van der Waals surface area (Å²) in [4.78, 5) is 24.7. The molecule has 1 amide bonds. The SMILES string of the molecule is CC(=O)NC[C@H](C)CC1=C2C[C@H]3[C@H]4CC=C5C[C@@H](O)CC[C@]5(C)[C@@H]4CC[C@]3(C)[C@H]2[C@@H](C)C1=O. The zero-order chi connectivity index (χ0) is 23.7. The minimum atomic E-state index is -0.153. The van der Waals surface area contributed by atoms with Crippen molar-refractivity contribution in [2.75, 3.05) is 6.54 Å². The molecular formula is C29H43NO3. The van der Waals surface area contributed by atoms with Gasteiger partial charge in [-0.1, -0.05) is 44.9 Å². The van der Waals surface area contributed by atoms with Crippen molar-refractivity contribution in [3.63, 3.8) is 0 Å². The van der Waals surface area contributed by atoms with Crippen LogP contribution >= 0.6 is 0 Å². The van der Waals surface area contributed by atoms with E-state index < -0.39 is 0 Å². The highest BCUT2D eigenvalue weighted by atomic mass is 16.3. The summed E-state index contributed by atoms with van der Waals surface area (Å²) in [6, 6.07) is 0. The summed E-state index contributed by atoms with van der Waals surface area (Å²) in [7, 11) is 0. The second-order valence-electron chi connectivity index (χ2n) is 12.8. The third-order valence-corrected chi connectivity index (χ3v) is 10.9. The Labute approximate surface area is 199 Å². The Morgan fingerprint density at radius 3 is 2.70 bits per heavy atom. The Morgan fingerprint density at radius 1 is 1.21 bits per heavy atom. The molecule has 0 spiro atoms. The first-order valence-electron chi connectivity index (χ1n) is 13.4. The number of ketones is 1. The molecule has 182 valence electrons. The van der Waals surface area contributed by atoms with Crippen LogP contribution < -0.4 is 5.32 Å². The van der Waals surface area contributed by atoms with Crippen molar-refractivity contribution >= 4 is 11.7 Å². The van der Waals surface area contributed by atoms with Crippen molar-refractivity contribution < 1.29 is 14.7 Å². The molecule has 9 atom stereocenters. The Hall–Kier alpha value is -1.42. The van der Waals surface area contributed by atoms with Gasteiger partial charge in [-0.15, -0.1) is 0 Å². The van der Waals surface area contributed by atoms with Crippen molar-refractivity contribution in [1.29, 1.82) is 0 Å². The van der Waals surface area contributed by atoms with E-state index in [1.54, 1.807) is 6.92 Å². The first kappa shape index (κ1) is 23.3. The predicted octanol–water partition coefficient (Wildman–Crippen LogP) is 5.21. The quantitative estimate of drug-likeness (QED) is 0.574. The molecule has 0 bridgehead atoms. The van der Waals surface area contributed by atoms with Crippen molar-refractivity contribution in [2.45, 2.75) is 92.1 Å². The van der Waals surface area contributed by atoms with Crippen LogP contribution in [-0.2, 0) is 9.59 Å². The molecule has 4 heteroatoms. The number of hydrogen-bond donors (Lipinski definition) is 2. The van der Waals surface area contributed by atoms with Gasteiger partial charge in [0.05, 0.1) is 6.10 Å². The summed E-state index contributed by atoms with van der Waals surface area (Å²) in [6.07, 6.45) is 10.8. The van der Waals surface area contributed by atoms with Crippen LogP contribution in [0, 0.1) is 46.3 Å². The van der Waals surface area contributed by atoms with Gasteiger partial charge in [-0.3, -0.25) is 9.59 Å². The molecule has 5 aliphatic rings. The lowest BCUT2D eigenvalue weighted by molar-refractivity contribution is -0.121. The van der Waals surface area contributed by atoms with Gasteiger partial charge in [0, 0.05) is 19.4 Å². The Morgan fingerprint density at radius 2 is 1.97 bits per heavy atom. The monoisotopic (exact) mass is 453 g/mol. The van der Waals surface area contributed by atoms with Gasteiger partial charge in [0.25, 0.3) is 0 Å². The number of fused-ring (bicyclic) bond motifs is 7. The third kappa shape index (κ3) is 3.49. The van der Waals surface area contributed by atoms with Crippen LogP contribution in [0.15, 0.2) is 22.8 Å². The molecule has 3 fully saturated rings. The van der Waals surface area contributed by atoms with Gasteiger partial charge in [-0.25, -0.2) is 0 Å². The van der Waals surface area contributed by atoms with E-state index in [1.807, 2.05) is 0 Å². The first-order valence-corrected chi connectivity index (χ1v) is 13.4. The summed E-state index contributed by atoms with van der Waals surface area (Å²) in [6.45, 7) is 11.5. The molecule has 0 aromatic rings. The summed E-state index contributed by atoms with van der Waals surface area (Å²) >= 11 is 0. The van der Waals surface area contributed by atoms with E-state index in [1.165, 1.54) is 24.0 Å². The van der Waals surface area contributed by atoms with Crippen LogP contribution in [0.5, 0.6) is 0 Å². The van der Waals surface area contributed by atoms with Crippen LogP contribution in [0.2, 0.25) is 0 Å². The Kier molecular flexibility index (Phi) is 5.70. The number of Topliss-reactive ketones (excluding diaryl/α,β-unsaturated/α-hetero) is 1. The fourth-order valence-corrected chi connectivity index (χ4v) is 9.26. The average molecular weight is 454 g/mol. The topological polar surface area (TPSA) is 66.4 Å². The lowest BCUT2D eigenvalue weighted by atomic mass is 9.47. The van der Waals surface area contributed by atoms with Crippen LogP contribution in [-0.4, -0.2) is 29.4 Å². The van der Waals surface area contributed by atoms with Gasteiger partial charge in [-0.05, 0) is 97.4 Å². The molecule has 0 aromatic carbocycles. The number of aliphatic hydroxyl groups excluding tert-OH is 1. The lowest BCUT2D eigenvalue weighted by Gasteiger charge is -2.58. The number of carbonyl (C=O) groups excluding carboxylic acids is 2. The number of carbonyl (C=O) groups is 2. The minimum absolute atomic E-state index is 0.00221. The number of hydrogen-bond acceptors (Lipinski definition) is 3. The molecule has 0 aromatic heterocycles. The van der Waals surface area contributed by atoms with Crippen LogP contribution in [0.1, 0.15) is 86.0 Å². The van der Waals surface area contributed by atoms with Crippen molar-refractivity contribution in [2.24, 2.45) is 46.3 Å². The second-order valence-corrected chi connectivity index (χ2v) is 12.8. The highest BCUT2D eigenvalue weighted by Crippen LogP contribution is 2.70. The summed E-state index contributed by atoms with van der Waals surface area (Å²) < 4.78 is 0. The highest BCUT2D eigenvalue weighted by molar-refractivity contribution is 6.01. The van der Waals surface area contributed by atoms with E-state index >= 15 is 0 Å². The highest BCUT2D eigenvalue weighted by Gasteiger charge is 2.63. The molecule has 0 unspecified atom stereocenters. The predicted molar refractivity (Wildman–Crippen MR) is 130 cm³/mol. The van der Waals surface area contributed by atoms with E-state index in [9.17, 15) is 14.7 Å². The Balaban J connectivity index is 1.44. The maximum atomic E-state index is 13.4. The number of rotatable bonds is 4. The molecule has 0 heterocycles. The van der Waals surface area contributed by atoms with E-state index in [0.29, 0.717) is 30.1 Å². The number of aliphatic hydroxyl groups is 1. The largest absolute Gasteiger partial charge is 0.393 e. The van der Waals surface area contributed by atoms with Crippen LogP contribution in [0.3, 0.4) is 0 Å². The van der Waals surface area contributed by atoms with E-state index in [0.717, 1.165) is 50.0 Å². The number of nitrogens with one attached hydrogen (secondary N) is 1. The average Bonchev–Trinajstić information content (AvgIpc) is 3.19. The lowest BCUT2D eigenvalue weighted by Crippen LogP contribution is -2.51.